The van der Waals surface area contributed by atoms with E-state index in [-0.39, 0.29) is 18.9 Å². The number of hydrogen-bond donors (Lipinski definition) is 2. The van der Waals surface area contributed by atoms with Crippen LogP contribution in [0.2, 0.25) is 0 Å². The van der Waals surface area contributed by atoms with Gasteiger partial charge in [0.25, 0.3) is 0 Å². The van der Waals surface area contributed by atoms with Crippen molar-refractivity contribution in [1.29, 1.82) is 0 Å². The monoisotopic (exact) mass is 202 g/mol. The van der Waals surface area contributed by atoms with Crippen LogP contribution in [0.1, 0.15) is 26.7 Å². The Bertz CT molecular complexity index is 252. The van der Waals surface area contributed by atoms with Crippen LogP contribution in [0.4, 0.5) is 0 Å². The van der Waals surface area contributed by atoms with Crippen molar-refractivity contribution in [2.45, 2.75) is 38.9 Å². The number of hydrogen-bond acceptors (Lipinski definition) is 4. The molecular weight excluding hydrogens is 188 g/mol. The number of carbonyl (C=O) groups is 2. The molecule has 1 fully saturated rings. The highest BCUT2D eigenvalue weighted by Crippen LogP contribution is 2.42. The fraction of sp³-hybridized carbons (Fsp3) is 0.778. The van der Waals surface area contributed by atoms with Gasteiger partial charge in [-0.15, -0.1) is 0 Å². The summed E-state index contributed by atoms with van der Waals surface area (Å²) in [5.74, 6) is -1.96. The molecule has 1 aliphatic carbocycles. The van der Waals surface area contributed by atoms with Gasteiger partial charge in [-0.3, -0.25) is 9.59 Å². The maximum Gasteiger partial charge on any atom is 0.323 e. The maximum atomic E-state index is 11.4. The first-order chi connectivity index (χ1) is 6.38. The molecule has 1 saturated carbocycles. The number of carbonyl (C=O) groups excluding carboxylic acids is 1. The average Bonchev–Trinajstić information content (AvgIpc) is 1.95. The summed E-state index contributed by atoms with van der Waals surface area (Å²) in [6.07, 6.45) is -1.14. The predicted octanol–water partition coefficient (Wildman–Crippen LogP) is 0.164. The minimum absolute atomic E-state index is 0.0477. The van der Waals surface area contributed by atoms with E-state index in [1.54, 1.807) is 13.8 Å². The third-order valence-electron chi connectivity index (χ3n) is 2.31. The number of rotatable bonds is 3. The highest BCUT2D eigenvalue weighted by atomic mass is 16.5. The first kappa shape index (κ1) is 11.0. The second-order valence-electron chi connectivity index (χ2n) is 3.90. The largest absolute Gasteiger partial charge is 0.480 e. The number of aliphatic hydroxyl groups excluding tert-OH is 1. The van der Waals surface area contributed by atoms with E-state index in [0.717, 1.165) is 0 Å². The second-order valence-corrected chi connectivity index (χ2v) is 3.90. The topological polar surface area (TPSA) is 83.8 Å². The molecule has 0 aromatic rings. The Balaban J connectivity index is 2.70. The normalized spacial score (nSPS) is 31.0. The van der Waals surface area contributed by atoms with Crippen LogP contribution in [0.3, 0.4) is 0 Å². The molecule has 0 aromatic carbocycles. The highest BCUT2D eigenvalue weighted by molar-refractivity contribution is 6.00. The van der Waals surface area contributed by atoms with E-state index in [4.69, 9.17) is 14.9 Å². The lowest BCUT2D eigenvalue weighted by atomic mass is 9.67. The van der Waals surface area contributed by atoms with Crippen LogP contribution < -0.4 is 0 Å². The molecule has 0 heterocycles. The van der Waals surface area contributed by atoms with E-state index in [0.29, 0.717) is 0 Å². The van der Waals surface area contributed by atoms with E-state index >= 15 is 0 Å². The zero-order chi connectivity index (χ0) is 10.9. The lowest BCUT2D eigenvalue weighted by Gasteiger charge is -2.39. The van der Waals surface area contributed by atoms with Crippen LogP contribution in [-0.4, -0.2) is 34.4 Å². The Hall–Kier alpha value is -1.10. The van der Waals surface area contributed by atoms with Gasteiger partial charge in [-0.1, -0.05) is 0 Å². The molecule has 0 aromatic heterocycles. The molecular formula is C9H14O5. The van der Waals surface area contributed by atoms with Crippen molar-refractivity contribution in [3.05, 3.63) is 0 Å². The fourth-order valence-electron chi connectivity index (χ4n) is 1.50. The number of carboxylic acids is 1. The first-order valence-electron chi connectivity index (χ1n) is 4.51. The first-order valence-corrected chi connectivity index (χ1v) is 4.51. The van der Waals surface area contributed by atoms with Crippen molar-refractivity contribution >= 4 is 11.9 Å². The van der Waals surface area contributed by atoms with E-state index in [9.17, 15) is 9.59 Å². The van der Waals surface area contributed by atoms with Gasteiger partial charge in [-0.25, -0.2) is 0 Å². The second kappa shape index (κ2) is 3.57. The van der Waals surface area contributed by atoms with Gasteiger partial charge in [-0.05, 0) is 13.8 Å². The van der Waals surface area contributed by atoms with Crippen molar-refractivity contribution < 1.29 is 24.5 Å². The quantitative estimate of drug-likeness (QED) is 0.503. The number of esters is 1. The number of carboxylic acid groups (broad SMARTS) is 1. The summed E-state index contributed by atoms with van der Waals surface area (Å²) in [7, 11) is 0. The molecule has 0 bridgehead atoms. The zero-order valence-electron chi connectivity index (χ0n) is 8.19. The Morgan fingerprint density at radius 1 is 1.43 bits per heavy atom. The van der Waals surface area contributed by atoms with E-state index in [2.05, 4.69) is 0 Å². The summed E-state index contributed by atoms with van der Waals surface area (Å²) >= 11 is 0. The van der Waals surface area contributed by atoms with Crippen LogP contribution in [0.5, 0.6) is 0 Å². The van der Waals surface area contributed by atoms with E-state index < -0.39 is 23.5 Å². The summed E-state index contributed by atoms with van der Waals surface area (Å²) in [5, 5.41) is 17.9. The molecule has 0 saturated heterocycles. The summed E-state index contributed by atoms with van der Waals surface area (Å²) in [5.41, 5.74) is -1.51. The third kappa shape index (κ3) is 1.72. The van der Waals surface area contributed by atoms with Gasteiger partial charge >= 0.3 is 11.9 Å². The molecule has 0 radical (unpaired) electrons. The zero-order valence-corrected chi connectivity index (χ0v) is 8.19. The van der Waals surface area contributed by atoms with Crippen molar-refractivity contribution in [1.82, 2.24) is 0 Å². The Morgan fingerprint density at radius 3 is 2.21 bits per heavy atom. The predicted molar refractivity (Wildman–Crippen MR) is 46.5 cm³/mol. The van der Waals surface area contributed by atoms with Crippen LogP contribution in [0.25, 0.3) is 0 Å². The molecule has 0 atom stereocenters. The number of ether oxygens (including phenoxy) is 1. The minimum atomic E-state index is -1.51. The van der Waals surface area contributed by atoms with Gasteiger partial charge in [0.2, 0.25) is 0 Å². The van der Waals surface area contributed by atoms with E-state index in [1.807, 2.05) is 0 Å². The van der Waals surface area contributed by atoms with Gasteiger partial charge in [0.05, 0.1) is 12.2 Å². The Morgan fingerprint density at radius 2 is 1.93 bits per heavy atom. The molecule has 5 heteroatoms. The van der Waals surface area contributed by atoms with Gasteiger partial charge in [0.15, 0.2) is 5.41 Å². The van der Waals surface area contributed by atoms with Crippen molar-refractivity contribution in [3.63, 3.8) is 0 Å². The van der Waals surface area contributed by atoms with Crippen molar-refractivity contribution in [2.24, 2.45) is 5.41 Å². The van der Waals surface area contributed by atoms with Crippen molar-refractivity contribution in [3.8, 4) is 0 Å². The smallest absolute Gasteiger partial charge is 0.323 e. The Labute approximate surface area is 81.7 Å². The summed E-state index contributed by atoms with van der Waals surface area (Å²) in [6.45, 7) is 3.31. The van der Waals surface area contributed by atoms with Crippen LogP contribution in [-0.2, 0) is 14.3 Å². The molecule has 1 rings (SSSR count). The number of aliphatic carboxylic acids is 1. The van der Waals surface area contributed by atoms with Crippen LogP contribution in [0.15, 0.2) is 0 Å². The maximum absolute atomic E-state index is 11.4. The fourth-order valence-corrected chi connectivity index (χ4v) is 1.50. The third-order valence-corrected chi connectivity index (χ3v) is 2.31. The van der Waals surface area contributed by atoms with Crippen molar-refractivity contribution in [2.75, 3.05) is 0 Å². The molecule has 0 spiro atoms. The highest BCUT2D eigenvalue weighted by Gasteiger charge is 2.57. The summed E-state index contributed by atoms with van der Waals surface area (Å²) in [4.78, 5) is 22.3. The lowest BCUT2D eigenvalue weighted by Crippen LogP contribution is -2.53. The molecule has 80 valence electrons. The van der Waals surface area contributed by atoms with Gasteiger partial charge in [-0.2, -0.15) is 0 Å². The van der Waals surface area contributed by atoms with Gasteiger partial charge in [0, 0.05) is 12.8 Å². The lowest BCUT2D eigenvalue weighted by molar-refractivity contribution is -0.187. The Kier molecular flexibility index (Phi) is 2.80. The average molecular weight is 202 g/mol. The molecule has 14 heavy (non-hydrogen) atoms. The molecule has 0 aliphatic heterocycles. The summed E-state index contributed by atoms with van der Waals surface area (Å²) < 4.78 is 4.84. The number of aliphatic hydroxyl groups is 1. The SMILES string of the molecule is CC(C)OC(=O)C1(C(=O)O)CC(O)C1. The molecule has 0 unspecified atom stereocenters. The molecule has 5 nitrogen and oxygen atoms in total. The van der Waals surface area contributed by atoms with E-state index in [1.165, 1.54) is 0 Å². The summed E-state index contributed by atoms with van der Waals surface area (Å²) in [6, 6.07) is 0. The van der Waals surface area contributed by atoms with Gasteiger partial charge in [0.1, 0.15) is 0 Å². The molecule has 0 amide bonds. The minimum Gasteiger partial charge on any atom is -0.480 e. The molecule has 1 aliphatic rings. The van der Waals surface area contributed by atoms with Gasteiger partial charge < -0.3 is 14.9 Å². The van der Waals surface area contributed by atoms with Crippen LogP contribution >= 0.6 is 0 Å². The molecule has 2 N–H and O–H groups in total. The standard InChI is InChI=1S/C9H14O5/c1-5(2)14-8(13)9(7(11)12)3-6(10)4-9/h5-6,10H,3-4H2,1-2H3,(H,11,12). The van der Waals surface area contributed by atoms with Crippen LogP contribution in [0, 0.1) is 5.41 Å².